The second-order valence-electron chi connectivity index (χ2n) is 3.99. The fourth-order valence-corrected chi connectivity index (χ4v) is 2.64. The van der Waals surface area contributed by atoms with Crippen molar-refractivity contribution in [1.82, 2.24) is 4.98 Å². The molecule has 0 spiro atoms. The van der Waals surface area contributed by atoms with E-state index in [-0.39, 0.29) is 5.78 Å². The second-order valence-corrected chi connectivity index (χ2v) is 5.02. The van der Waals surface area contributed by atoms with Crippen LogP contribution in [-0.2, 0) is 4.79 Å². The molecule has 1 aliphatic carbocycles. The summed E-state index contributed by atoms with van der Waals surface area (Å²) in [6, 6.07) is 7.97. The van der Waals surface area contributed by atoms with E-state index in [4.69, 9.17) is 0 Å². The second kappa shape index (κ2) is 4.25. The first-order valence-corrected chi connectivity index (χ1v) is 6.31. The van der Waals surface area contributed by atoms with Gasteiger partial charge in [-0.1, -0.05) is 23.5 Å². The molecule has 0 aliphatic heterocycles. The lowest BCUT2D eigenvalue weighted by atomic mass is 10.3. The summed E-state index contributed by atoms with van der Waals surface area (Å²) in [6.45, 7) is 0. The quantitative estimate of drug-likeness (QED) is 0.828. The summed E-state index contributed by atoms with van der Waals surface area (Å²) in [7, 11) is 0. The van der Waals surface area contributed by atoms with Crippen LogP contribution < -0.4 is 5.43 Å². The minimum absolute atomic E-state index is 0.273. The van der Waals surface area contributed by atoms with Gasteiger partial charge in [-0.15, -0.1) is 0 Å². The van der Waals surface area contributed by atoms with Crippen LogP contribution in [0.4, 0.5) is 5.13 Å². The van der Waals surface area contributed by atoms with Gasteiger partial charge in [-0.05, 0) is 18.6 Å². The van der Waals surface area contributed by atoms with Gasteiger partial charge in [0, 0.05) is 18.6 Å². The number of para-hydroxylation sites is 1. The van der Waals surface area contributed by atoms with E-state index < -0.39 is 0 Å². The summed E-state index contributed by atoms with van der Waals surface area (Å²) in [6.07, 6.45) is 1.88. The molecule has 1 aliphatic rings. The summed E-state index contributed by atoms with van der Waals surface area (Å²) in [5, 5.41) is 5.01. The Morgan fingerprint density at radius 1 is 1.29 bits per heavy atom. The lowest BCUT2D eigenvalue weighted by Gasteiger charge is -1.95. The average molecular weight is 245 g/mol. The number of aromatic nitrogens is 1. The predicted molar refractivity (Wildman–Crippen MR) is 69.5 cm³/mol. The monoisotopic (exact) mass is 245 g/mol. The summed E-state index contributed by atoms with van der Waals surface area (Å²) < 4.78 is 1.14. The maximum Gasteiger partial charge on any atom is 0.204 e. The molecule has 1 heterocycles. The Labute approximate surface area is 102 Å². The number of ketones is 1. The highest BCUT2D eigenvalue weighted by atomic mass is 32.1. The Morgan fingerprint density at radius 3 is 2.94 bits per heavy atom. The van der Waals surface area contributed by atoms with Crippen LogP contribution in [-0.4, -0.2) is 16.5 Å². The van der Waals surface area contributed by atoms with Crippen molar-refractivity contribution in [1.29, 1.82) is 0 Å². The third-order valence-electron chi connectivity index (χ3n) is 2.70. The van der Waals surface area contributed by atoms with Crippen LogP contribution in [0.2, 0.25) is 0 Å². The average Bonchev–Trinajstić information content (AvgIpc) is 2.91. The third kappa shape index (κ3) is 2.19. The highest BCUT2D eigenvalue weighted by molar-refractivity contribution is 7.22. The topological polar surface area (TPSA) is 54.4 Å². The van der Waals surface area contributed by atoms with Gasteiger partial charge in [-0.3, -0.25) is 10.2 Å². The molecule has 0 amide bonds. The molecule has 1 fully saturated rings. The number of anilines is 1. The van der Waals surface area contributed by atoms with Gasteiger partial charge in [-0.2, -0.15) is 5.10 Å². The van der Waals surface area contributed by atoms with E-state index in [2.05, 4.69) is 15.5 Å². The molecule has 1 aromatic heterocycles. The summed E-state index contributed by atoms with van der Waals surface area (Å²) in [5.41, 5.74) is 4.84. The molecule has 1 N–H and O–H groups in total. The number of fused-ring (bicyclic) bond motifs is 1. The molecule has 0 bridgehead atoms. The molecule has 1 saturated carbocycles. The number of carbonyl (C=O) groups excluding carboxylic acids is 1. The lowest BCUT2D eigenvalue weighted by Crippen LogP contribution is -1.97. The van der Waals surface area contributed by atoms with Crippen molar-refractivity contribution in [2.24, 2.45) is 5.10 Å². The number of nitrogens with zero attached hydrogens (tertiary/aromatic N) is 2. The number of thiazole rings is 1. The minimum Gasteiger partial charge on any atom is -0.299 e. The van der Waals surface area contributed by atoms with E-state index in [1.165, 1.54) is 0 Å². The smallest absolute Gasteiger partial charge is 0.204 e. The number of hydrogen-bond donors (Lipinski definition) is 1. The molecule has 0 atom stereocenters. The number of benzene rings is 1. The molecule has 0 unspecified atom stereocenters. The molecular weight excluding hydrogens is 234 g/mol. The van der Waals surface area contributed by atoms with Crippen LogP contribution in [0.1, 0.15) is 19.3 Å². The van der Waals surface area contributed by atoms with E-state index >= 15 is 0 Å². The fourth-order valence-electron chi connectivity index (χ4n) is 1.83. The summed E-state index contributed by atoms with van der Waals surface area (Å²) in [4.78, 5) is 15.5. The molecule has 3 rings (SSSR count). The molecule has 4 nitrogen and oxygen atoms in total. The number of hydrazone groups is 1. The number of nitrogens with one attached hydrogen (secondary N) is 1. The van der Waals surface area contributed by atoms with Crippen LogP contribution in [0.5, 0.6) is 0 Å². The van der Waals surface area contributed by atoms with E-state index in [0.29, 0.717) is 12.8 Å². The molecule has 5 heteroatoms. The van der Waals surface area contributed by atoms with E-state index in [1.54, 1.807) is 11.3 Å². The molecule has 86 valence electrons. The van der Waals surface area contributed by atoms with Crippen molar-refractivity contribution < 1.29 is 4.79 Å². The third-order valence-corrected chi connectivity index (χ3v) is 3.64. The minimum atomic E-state index is 0.273. The first-order chi connectivity index (χ1) is 8.31. The van der Waals surface area contributed by atoms with Gasteiger partial charge in [0.2, 0.25) is 5.13 Å². The van der Waals surface area contributed by atoms with Gasteiger partial charge in [0.05, 0.1) is 10.2 Å². The number of carbonyl (C=O) groups is 1. The standard InChI is InChI=1S/C12H11N3OS/c16-9-6-5-8(7-9)14-15-12-13-10-3-1-2-4-11(10)17-12/h1-4H,5-7H2,(H,13,15). The maximum absolute atomic E-state index is 11.1. The lowest BCUT2D eigenvalue weighted by molar-refractivity contribution is -0.116. The zero-order valence-corrected chi connectivity index (χ0v) is 9.96. The Kier molecular flexibility index (Phi) is 2.60. The zero-order valence-electron chi connectivity index (χ0n) is 9.14. The van der Waals surface area contributed by atoms with Crippen molar-refractivity contribution >= 4 is 38.2 Å². The van der Waals surface area contributed by atoms with Crippen LogP contribution in [0.25, 0.3) is 10.2 Å². The molecular formula is C12H11N3OS. The Bertz CT molecular complexity index is 570. The molecule has 0 radical (unpaired) electrons. The Balaban J connectivity index is 1.79. The van der Waals surface area contributed by atoms with Gasteiger partial charge in [0.1, 0.15) is 5.78 Å². The van der Waals surface area contributed by atoms with E-state index in [9.17, 15) is 4.79 Å². The molecule has 0 saturated heterocycles. The Morgan fingerprint density at radius 2 is 2.18 bits per heavy atom. The number of rotatable bonds is 2. The van der Waals surface area contributed by atoms with E-state index in [0.717, 1.165) is 27.5 Å². The van der Waals surface area contributed by atoms with Crippen LogP contribution in [0, 0.1) is 0 Å². The largest absolute Gasteiger partial charge is 0.299 e. The number of Topliss-reactive ketones (excluding diaryl/α,β-unsaturated/α-hetero) is 1. The highest BCUT2D eigenvalue weighted by Gasteiger charge is 2.16. The van der Waals surface area contributed by atoms with Crippen molar-refractivity contribution in [2.75, 3.05) is 5.43 Å². The van der Waals surface area contributed by atoms with Crippen LogP contribution >= 0.6 is 11.3 Å². The first-order valence-electron chi connectivity index (χ1n) is 5.50. The Hall–Kier alpha value is -1.75. The van der Waals surface area contributed by atoms with Crippen molar-refractivity contribution in [3.8, 4) is 0 Å². The first kappa shape index (κ1) is 10.4. The van der Waals surface area contributed by atoms with Gasteiger partial charge in [0.25, 0.3) is 0 Å². The van der Waals surface area contributed by atoms with Gasteiger partial charge < -0.3 is 0 Å². The summed E-state index contributed by atoms with van der Waals surface area (Å²) in [5.74, 6) is 0.273. The SMILES string of the molecule is O=C1CCC(=NNc2nc3ccccc3s2)C1. The van der Waals surface area contributed by atoms with Crippen molar-refractivity contribution in [3.05, 3.63) is 24.3 Å². The van der Waals surface area contributed by atoms with Crippen molar-refractivity contribution in [3.63, 3.8) is 0 Å². The van der Waals surface area contributed by atoms with Crippen LogP contribution in [0.3, 0.4) is 0 Å². The molecule has 17 heavy (non-hydrogen) atoms. The molecule has 2 aromatic rings. The van der Waals surface area contributed by atoms with Gasteiger partial charge >= 0.3 is 0 Å². The van der Waals surface area contributed by atoms with Gasteiger partial charge in [-0.25, -0.2) is 4.98 Å². The molecule has 1 aromatic carbocycles. The fraction of sp³-hybridized carbons (Fsp3) is 0.250. The maximum atomic E-state index is 11.1. The zero-order chi connectivity index (χ0) is 11.7. The van der Waals surface area contributed by atoms with Crippen molar-refractivity contribution in [2.45, 2.75) is 19.3 Å². The normalized spacial score (nSPS) is 18.1. The van der Waals surface area contributed by atoms with Gasteiger partial charge in [0.15, 0.2) is 0 Å². The summed E-state index contributed by atoms with van der Waals surface area (Å²) >= 11 is 1.57. The highest BCUT2D eigenvalue weighted by Crippen LogP contribution is 2.25. The van der Waals surface area contributed by atoms with E-state index in [1.807, 2.05) is 24.3 Å². The van der Waals surface area contributed by atoms with Crippen LogP contribution in [0.15, 0.2) is 29.4 Å². The number of hydrogen-bond acceptors (Lipinski definition) is 5. The predicted octanol–water partition coefficient (Wildman–Crippen LogP) is 2.82.